The number of hydrogen-bond donors (Lipinski definition) is 0. The molecule has 2 aliphatic heterocycles. The van der Waals surface area contributed by atoms with Gasteiger partial charge in [0.1, 0.15) is 0 Å². The molecule has 3 atom stereocenters. The molecule has 6 rings (SSSR count). The second-order valence-corrected chi connectivity index (χ2v) is 10.1. The van der Waals surface area contributed by atoms with Crippen molar-refractivity contribution in [2.24, 2.45) is 5.92 Å². The summed E-state index contributed by atoms with van der Waals surface area (Å²) in [4.78, 5) is 0. The maximum atomic E-state index is 9.68. The zero-order valence-electron chi connectivity index (χ0n) is 21.0. The lowest BCUT2D eigenvalue weighted by Gasteiger charge is -2.34. The molecule has 0 saturated carbocycles. The molecule has 1 aromatic carbocycles. The highest BCUT2D eigenvalue weighted by Crippen LogP contribution is 2.48. The Labute approximate surface area is 213 Å². The quantitative estimate of drug-likeness (QED) is 0.315. The van der Waals surface area contributed by atoms with Crippen molar-refractivity contribution < 1.29 is 9.13 Å². The van der Waals surface area contributed by atoms with E-state index in [9.17, 15) is 5.26 Å². The van der Waals surface area contributed by atoms with Gasteiger partial charge in [-0.2, -0.15) is 14.4 Å². The van der Waals surface area contributed by atoms with Crippen LogP contribution in [0.2, 0.25) is 0 Å². The molecule has 0 amide bonds. The molecule has 2 aromatic heterocycles. The molecule has 176 valence electrons. The molecule has 0 fully saturated rings. The van der Waals surface area contributed by atoms with Crippen LogP contribution in [0.25, 0.3) is 16.8 Å². The van der Waals surface area contributed by atoms with Crippen LogP contribution in [0, 0.1) is 17.2 Å². The number of nitriles is 1. The number of benzene rings is 1. The van der Waals surface area contributed by atoms with Gasteiger partial charge in [-0.15, -0.1) is 0 Å². The van der Waals surface area contributed by atoms with Gasteiger partial charge in [-0.05, 0) is 73.2 Å². The predicted molar refractivity (Wildman–Crippen MR) is 142 cm³/mol. The Morgan fingerprint density at radius 1 is 1.06 bits per heavy atom. The average Bonchev–Trinajstić information content (AvgIpc) is 2.90. The SMILES string of the molecule is C=C1C[n+]2ccccc2C2=C(CCC3c4ccccc4-c4cccc[n+]4C13)C(/C(=C/C)[C@H](C)C#N)=C2. The highest BCUT2D eigenvalue weighted by Gasteiger charge is 2.44. The van der Waals surface area contributed by atoms with Crippen molar-refractivity contribution >= 4 is 5.57 Å². The van der Waals surface area contributed by atoms with Gasteiger partial charge in [-0.3, -0.25) is 0 Å². The van der Waals surface area contributed by atoms with Gasteiger partial charge < -0.3 is 0 Å². The number of hydrogen-bond acceptors (Lipinski definition) is 1. The third-order valence-corrected chi connectivity index (χ3v) is 8.14. The standard InChI is InChI=1S/C33H31N3/c1-4-24(22(2)20-34)29-19-30-26(29)15-16-28-25-11-5-6-12-27(25)32-14-8-10-18-36(32)33(28)23(3)21-35-17-9-7-13-31(30)35/h4-14,17-19,22,28,33H,3,15-16,21H2,1-2H3/q+2/b24-4+/t22-,28?,33?/m1/s1. The first-order valence-corrected chi connectivity index (χ1v) is 12.9. The van der Waals surface area contributed by atoms with E-state index in [1.807, 2.05) is 6.92 Å². The summed E-state index contributed by atoms with van der Waals surface area (Å²) < 4.78 is 4.79. The van der Waals surface area contributed by atoms with E-state index in [4.69, 9.17) is 0 Å². The zero-order chi connectivity index (χ0) is 24.8. The third kappa shape index (κ3) is 3.40. The molecule has 0 radical (unpaired) electrons. The minimum absolute atomic E-state index is 0.126. The molecule has 0 bridgehead atoms. The van der Waals surface area contributed by atoms with Crippen molar-refractivity contribution in [2.45, 2.75) is 45.2 Å². The Morgan fingerprint density at radius 3 is 2.61 bits per heavy atom. The van der Waals surface area contributed by atoms with Crippen LogP contribution in [0.3, 0.4) is 0 Å². The van der Waals surface area contributed by atoms with Crippen LogP contribution in [-0.4, -0.2) is 0 Å². The first-order chi connectivity index (χ1) is 17.6. The fraction of sp³-hybridized carbons (Fsp3) is 0.242. The minimum atomic E-state index is -0.126. The Kier molecular flexibility index (Phi) is 5.53. The normalized spacial score (nSPS) is 21.4. The van der Waals surface area contributed by atoms with E-state index < -0.39 is 0 Å². The van der Waals surface area contributed by atoms with E-state index in [0.717, 1.165) is 25.0 Å². The van der Waals surface area contributed by atoms with Gasteiger partial charge in [-0.1, -0.05) is 30.9 Å². The van der Waals surface area contributed by atoms with Crippen molar-refractivity contribution in [3.8, 4) is 17.3 Å². The molecule has 0 N–H and O–H groups in total. The van der Waals surface area contributed by atoms with E-state index >= 15 is 0 Å². The van der Waals surface area contributed by atoms with Crippen LogP contribution < -0.4 is 9.13 Å². The van der Waals surface area contributed by atoms with Crippen molar-refractivity contribution in [3.05, 3.63) is 125 Å². The monoisotopic (exact) mass is 469 g/mol. The zero-order valence-corrected chi connectivity index (χ0v) is 21.0. The summed E-state index contributed by atoms with van der Waals surface area (Å²) in [6.45, 7) is 9.50. The molecule has 36 heavy (non-hydrogen) atoms. The lowest BCUT2D eigenvalue weighted by molar-refractivity contribution is -0.726. The Hall–Kier alpha value is -4.03. The number of pyridine rings is 2. The molecule has 3 heteroatoms. The van der Waals surface area contributed by atoms with E-state index in [1.165, 1.54) is 44.8 Å². The van der Waals surface area contributed by atoms with E-state index in [2.05, 4.69) is 114 Å². The third-order valence-electron chi connectivity index (χ3n) is 8.14. The minimum Gasteiger partial charge on any atom is -0.198 e. The maximum Gasteiger partial charge on any atom is 0.213 e. The summed E-state index contributed by atoms with van der Waals surface area (Å²) in [6, 6.07) is 24.5. The fourth-order valence-electron chi connectivity index (χ4n) is 6.46. The number of allylic oxidation sites excluding steroid dienone is 7. The molecule has 1 aliphatic carbocycles. The Balaban J connectivity index is 1.51. The molecule has 4 heterocycles. The van der Waals surface area contributed by atoms with Crippen LogP contribution >= 0.6 is 0 Å². The van der Waals surface area contributed by atoms with Gasteiger partial charge in [0.2, 0.25) is 11.4 Å². The van der Waals surface area contributed by atoms with Gasteiger partial charge in [0.15, 0.2) is 25.0 Å². The van der Waals surface area contributed by atoms with E-state index in [-0.39, 0.29) is 12.0 Å². The fourth-order valence-corrected chi connectivity index (χ4v) is 6.46. The van der Waals surface area contributed by atoms with Crippen molar-refractivity contribution in [1.29, 1.82) is 5.26 Å². The number of aromatic nitrogens is 2. The summed E-state index contributed by atoms with van der Waals surface area (Å²) in [6.07, 6.45) is 10.8. The molecule has 3 nitrogen and oxygen atoms in total. The topological polar surface area (TPSA) is 31.5 Å². The first kappa shape index (κ1) is 22.4. The van der Waals surface area contributed by atoms with Gasteiger partial charge in [0.25, 0.3) is 0 Å². The highest BCUT2D eigenvalue weighted by molar-refractivity contribution is 5.88. The van der Waals surface area contributed by atoms with Crippen LogP contribution in [0.5, 0.6) is 0 Å². The largest absolute Gasteiger partial charge is 0.213 e. The number of rotatable bonds is 2. The van der Waals surface area contributed by atoms with E-state index in [1.54, 1.807) is 0 Å². The second-order valence-electron chi connectivity index (χ2n) is 10.1. The van der Waals surface area contributed by atoms with Crippen LogP contribution in [-0.2, 0) is 6.54 Å². The lowest BCUT2D eigenvalue weighted by atomic mass is 9.72. The summed E-state index contributed by atoms with van der Waals surface area (Å²) in [5, 5.41) is 9.68. The summed E-state index contributed by atoms with van der Waals surface area (Å²) in [7, 11) is 0. The first-order valence-electron chi connectivity index (χ1n) is 12.9. The molecule has 3 aliphatic rings. The molecule has 0 saturated heterocycles. The van der Waals surface area contributed by atoms with Gasteiger partial charge in [0.05, 0.1) is 29.1 Å². The average molecular weight is 470 g/mol. The van der Waals surface area contributed by atoms with Gasteiger partial charge >= 0.3 is 0 Å². The molecule has 0 spiro atoms. The van der Waals surface area contributed by atoms with Crippen LogP contribution in [0.15, 0.2) is 114 Å². The van der Waals surface area contributed by atoms with Crippen molar-refractivity contribution in [1.82, 2.24) is 0 Å². The van der Waals surface area contributed by atoms with Crippen molar-refractivity contribution in [2.75, 3.05) is 0 Å². The molecule has 3 aromatic rings. The van der Waals surface area contributed by atoms with Gasteiger partial charge in [-0.25, -0.2) is 0 Å². The Morgan fingerprint density at radius 2 is 1.81 bits per heavy atom. The Bertz CT molecular complexity index is 1530. The predicted octanol–water partition coefficient (Wildman–Crippen LogP) is 6.42. The molecule has 2 unspecified atom stereocenters. The summed E-state index contributed by atoms with van der Waals surface area (Å²) >= 11 is 0. The second kappa shape index (κ2) is 8.88. The number of fused-ring (bicyclic) bond motifs is 8. The maximum absolute atomic E-state index is 9.68. The summed E-state index contributed by atoms with van der Waals surface area (Å²) in [5.41, 5.74) is 11.5. The smallest absolute Gasteiger partial charge is 0.198 e. The summed E-state index contributed by atoms with van der Waals surface area (Å²) in [5.74, 6) is 0.205. The van der Waals surface area contributed by atoms with E-state index in [0.29, 0.717) is 5.92 Å². The number of nitrogens with zero attached hydrogens (tertiary/aromatic N) is 3. The van der Waals surface area contributed by atoms with Crippen LogP contribution in [0.4, 0.5) is 0 Å². The van der Waals surface area contributed by atoms with Gasteiger partial charge in [0, 0.05) is 29.8 Å². The van der Waals surface area contributed by atoms with Crippen LogP contribution in [0.1, 0.15) is 49.9 Å². The lowest BCUT2D eigenvalue weighted by Crippen LogP contribution is -2.51. The van der Waals surface area contributed by atoms with Crippen molar-refractivity contribution in [3.63, 3.8) is 0 Å². The highest BCUT2D eigenvalue weighted by atomic mass is 15.0. The molecular formula is C33H31N3+2. The molecular weight excluding hydrogens is 438 g/mol.